The second-order valence-corrected chi connectivity index (χ2v) is 7.44. The SMILES string of the molecule is C=Cc1cc(Cl)cc(N2c3ccccc3Sc3ccccc32)c1CC. The Morgan fingerprint density at radius 3 is 2.12 bits per heavy atom. The van der Waals surface area contributed by atoms with Crippen molar-refractivity contribution >= 4 is 46.5 Å². The summed E-state index contributed by atoms with van der Waals surface area (Å²) in [7, 11) is 0. The van der Waals surface area contributed by atoms with Gasteiger partial charge in [-0.1, -0.05) is 67.2 Å². The molecule has 0 N–H and O–H groups in total. The fraction of sp³-hybridized carbons (Fsp3) is 0.0909. The minimum atomic E-state index is 0.732. The van der Waals surface area contributed by atoms with Gasteiger partial charge < -0.3 is 4.90 Å². The topological polar surface area (TPSA) is 3.24 Å². The van der Waals surface area contributed by atoms with Gasteiger partial charge in [0.2, 0.25) is 0 Å². The van der Waals surface area contributed by atoms with Crippen molar-refractivity contribution in [2.75, 3.05) is 4.90 Å². The molecule has 0 aromatic heterocycles. The normalized spacial score (nSPS) is 12.5. The highest BCUT2D eigenvalue weighted by Gasteiger charge is 2.26. The number of para-hydroxylation sites is 2. The Balaban J connectivity index is 2.04. The third kappa shape index (κ3) is 2.76. The third-order valence-corrected chi connectivity index (χ3v) is 5.82. The first-order valence-corrected chi connectivity index (χ1v) is 9.53. The summed E-state index contributed by atoms with van der Waals surface area (Å²) < 4.78 is 0. The highest BCUT2D eigenvalue weighted by molar-refractivity contribution is 7.99. The summed E-state index contributed by atoms with van der Waals surface area (Å²) in [6, 6.07) is 21.1. The molecule has 0 bridgehead atoms. The molecule has 0 fully saturated rings. The lowest BCUT2D eigenvalue weighted by Gasteiger charge is -2.34. The van der Waals surface area contributed by atoms with Crippen LogP contribution >= 0.6 is 23.4 Å². The van der Waals surface area contributed by atoms with Crippen molar-refractivity contribution in [3.63, 3.8) is 0 Å². The van der Waals surface area contributed by atoms with E-state index in [1.165, 1.54) is 26.7 Å². The number of benzene rings is 3. The van der Waals surface area contributed by atoms with E-state index >= 15 is 0 Å². The van der Waals surface area contributed by atoms with E-state index in [0.29, 0.717) is 0 Å². The standard InChI is InChI=1S/C22H18ClNS/c1-3-15-13-16(23)14-20(17(15)4-2)24-18-9-5-7-11-21(18)25-22-12-8-6-10-19(22)24/h3,5-14H,1,4H2,2H3. The zero-order chi connectivity index (χ0) is 17.4. The molecule has 0 amide bonds. The van der Waals surface area contributed by atoms with Gasteiger partial charge in [-0.15, -0.1) is 0 Å². The summed E-state index contributed by atoms with van der Waals surface area (Å²) in [6.07, 6.45) is 2.81. The molecule has 0 unspecified atom stereocenters. The molecule has 0 spiro atoms. The lowest BCUT2D eigenvalue weighted by atomic mass is 10.0. The monoisotopic (exact) mass is 363 g/mol. The van der Waals surface area contributed by atoms with E-state index in [1.54, 1.807) is 0 Å². The van der Waals surface area contributed by atoms with Gasteiger partial charge in [-0.3, -0.25) is 0 Å². The zero-order valence-electron chi connectivity index (χ0n) is 14.0. The van der Waals surface area contributed by atoms with E-state index in [0.717, 1.165) is 22.7 Å². The van der Waals surface area contributed by atoms with Gasteiger partial charge >= 0.3 is 0 Å². The molecule has 0 aliphatic carbocycles. The Labute approximate surface area is 157 Å². The lowest BCUT2D eigenvalue weighted by Crippen LogP contribution is -2.16. The molecule has 0 saturated carbocycles. The van der Waals surface area contributed by atoms with Crippen molar-refractivity contribution < 1.29 is 0 Å². The molecular weight excluding hydrogens is 346 g/mol. The van der Waals surface area contributed by atoms with E-state index in [1.807, 2.05) is 23.9 Å². The smallest absolute Gasteiger partial charge is 0.0601 e. The first kappa shape index (κ1) is 16.3. The number of fused-ring (bicyclic) bond motifs is 2. The second-order valence-electron chi connectivity index (χ2n) is 5.92. The van der Waals surface area contributed by atoms with Crippen LogP contribution in [-0.2, 0) is 6.42 Å². The molecule has 0 atom stereocenters. The quantitative estimate of drug-likeness (QED) is 0.371. The summed E-state index contributed by atoms with van der Waals surface area (Å²) in [6.45, 7) is 6.15. The molecule has 0 radical (unpaired) electrons. The van der Waals surface area contributed by atoms with E-state index in [4.69, 9.17) is 11.6 Å². The van der Waals surface area contributed by atoms with E-state index in [-0.39, 0.29) is 0 Å². The Bertz CT molecular complexity index is 918. The van der Waals surface area contributed by atoms with Gasteiger partial charge in [0.05, 0.1) is 17.1 Å². The maximum Gasteiger partial charge on any atom is 0.0601 e. The maximum atomic E-state index is 6.45. The number of anilines is 3. The Morgan fingerprint density at radius 1 is 0.960 bits per heavy atom. The van der Waals surface area contributed by atoms with Gasteiger partial charge in [-0.05, 0) is 53.9 Å². The molecule has 3 aromatic carbocycles. The molecule has 1 aliphatic heterocycles. The van der Waals surface area contributed by atoms with Crippen molar-refractivity contribution in [3.8, 4) is 0 Å². The Morgan fingerprint density at radius 2 is 1.56 bits per heavy atom. The van der Waals surface area contributed by atoms with Crippen LogP contribution in [0.25, 0.3) is 6.08 Å². The van der Waals surface area contributed by atoms with Gasteiger partial charge in [0.1, 0.15) is 0 Å². The van der Waals surface area contributed by atoms with Gasteiger partial charge in [-0.25, -0.2) is 0 Å². The number of hydrogen-bond acceptors (Lipinski definition) is 2. The fourth-order valence-electron chi connectivity index (χ4n) is 3.37. The Hall–Kier alpha value is -2.16. The van der Waals surface area contributed by atoms with Gasteiger partial charge in [-0.2, -0.15) is 0 Å². The highest BCUT2D eigenvalue weighted by atomic mass is 35.5. The fourth-order valence-corrected chi connectivity index (χ4v) is 4.65. The molecule has 1 nitrogen and oxygen atoms in total. The van der Waals surface area contributed by atoms with Crippen LogP contribution in [0.2, 0.25) is 5.02 Å². The maximum absolute atomic E-state index is 6.45. The van der Waals surface area contributed by atoms with Crippen LogP contribution in [0.15, 0.2) is 77.0 Å². The molecular formula is C22H18ClNS. The van der Waals surface area contributed by atoms with Crippen molar-refractivity contribution in [2.24, 2.45) is 0 Å². The number of hydrogen-bond donors (Lipinski definition) is 0. The molecule has 124 valence electrons. The van der Waals surface area contributed by atoms with Crippen LogP contribution in [0.5, 0.6) is 0 Å². The summed E-state index contributed by atoms with van der Waals surface area (Å²) in [5.41, 5.74) is 5.87. The molecule has 0 saturated heterocycles. The van der Waals surface area contributed by atoms with Crippen LogP contribution in [0.1, 0.15) is 18.1 Å². The predicted molar refractivity (Wildman–Crippen MR) is 110 cm³/mol. The molecule has 25 heavy (non-hydrogen) atoms. The minimum Gasteiger partial charge on any atom is -0.308 e. The van der Waals surface area contributed by atoms with Gasteiger partial charge in [0, 0.05) is 14.8 Å². The van der Waals surface area contributed by atoms with Gasteiger partial charge in [0.15, 0.2) is 0 Å². The van der Waals surface area contributed by atoms with E-state index < -0.39 is 0 Å². The largest absolute Gasteiger partial charge is 0.308 e. The molecule has 3 heteroatoms. The van der Waals surface area contributed by atoms with E-state index in [9.17, 15) is 0 Å². The Kier molecular flexibility index (Phi) is 4.32. The average molecular weight is 364 g/mol. The molecule has 3 aromatic rings. The number of rotatable bonds is 3. The van der Waals surface area contributed by atoms with Crippen molar-refractivity contribution in [2.45, 2.75) is 23.1 Å². The summed E-state index contributed by atoms with van der Waals surface area (Å²) in [4.78, 5) is 4.84. The third-order valence-electron chi connectivity index (χ3n) is 4.47. The van der Waals surface area contributed by atoms with Crippen molar-refractivity contribution in [1.82, 2.24) is 0 Å². The summed E-state index contributed by atoms with van der Waals surface area (Å²) in [5, 5.41) is 0.732. The number of nitrogens with zero attached hydrogens (tertiary/aromatic N) is 1. The first-order chi connectivity index (χ1) is 12.2. The van der Waals surface area contributed by atoms with Crippen LogP contribution in [0, 0.1) is 0 Å². The minimum absolute atomic E-state index is 0.732. The molecule has 1 aliphatic rings. The van der Waals surface area contributed by atoms with Crippen LogP contribution in [0.4, 0.5) is 17.1 Å². The number of halogens is 1. The van der Waals surface area contributed by atoms with Crippen LogP contribution < -0.4 is 4.90 Å². The zero-order valence-corrected chi connectivity index (χ0v) is 15.6. The summed E-state index contributed by atoms with van der Waals surface area (Å²) >= 11 is 8.27. The van der Waals surface area contributed by atoms with Crippen molar-refractivity contribution in [3.05, 3.63) is 83.4 Å². The average Bonchev–Trinajstić information content (AvgIpc) is 2.65. The van der Waals surface area contributed by atoms with Crippen LogP contribution in [0.3, 0.4) is 0 Å². The highest BCUT2D eigenvalue weighted by Crippen LogP contribution is 2.52. The first-order valence-electron chi connectivity index (χ1n) is 8.34. The van der Waals surface area contributed by atoms with Crippen LogP contribution in [-0.4, -0.2) is 0 Å². The second kappa shape index (κ2) is 6.62. The summed E-state index contributed by atoms with van der Waals surface area (Å²) in [5.74, 6) is 0. The van der Waals surface area contributed by atoms with Crippen molar-refractivity contribution in [1.29, 1.82) is 0 Å². The molecule has 1 heterocycles. The van der Waals surface area contributed by atoms with E-state index in [2.05, 4.69) is 73.0 Å². The predicted octanol–water partition coefficient (Wildman–Crippen LogP) is 7.48. The lowest BCUT2D eigenvalue weighted by molar-refractivity contribution is 1.09. The molecule has 4 rings (SSSR count). The van der Waals surface area contributed by atoms with Gasteiger partial charge in [0.25, 0.3) is 0 Å².